The first kappa shape index (κ1) is 23.6. The van der Waals surface area contributed by atoms with Crippen molar-refractivity contribution in [1.82, 2.24) is 4.90 Å². The molecule has 2 aromatic carbocycles. The van der Waals surface area contributed by atoms with E-state index in [4.69, 9.17) is 15.6 Å². The van der Waals surface area contributed by atoms with Crippen LogP contribution >= 0.6 is 0 Å². The molecule has 0 fully saturated rings. The highest BCUT2D eigenvalue weighted by molar-refractivity contribution is 5.94. The van der Waals surface area contributed by atoms with Gasteiger partial charge in [-0.2, -0.15) is 0 Å². The van der Waals surface area contributed by atoms with Crippen LogP contribution in [0.5, 0.6) is 5.75 Å². The van der Waals surface area contributed by atoms with Crippen LogP contribution in [0.1, 0.15) is 63.2 Å². The van der Waals surface area contributed by atoms with Crippen molar-refractivity contribution >= 4 is 11.9 Å². The molecule has 0 radical (unpaired) electrons. The smallest absolute Gasteiger partial charge is 0.303 e. The van der Waals surface area contributed by atoms with Crippen LogP contribution in [0.4, 0.5) is 0 Å². The fraction of sp³-hybridized carbons (Fsp3) is 0.357. The quantitative estimate of drug-likeness (QED) is 0.296. The van der Waals surface area contributed by atoms with Gasteiger partial charge in [-0.3, -0.25) is 9.59 Å². The third-order valence-electron chi connectivity index (χ3n) is 5.57. The molecule has 0 aliphatic heterocycles. The maximum Gasteiger partial charge on any atom is 0.303 e. The van der Waals surface area contributed by atoms with Crippen LogP contribution in [0.3, 0.4) is 0 Å². The molecule has 3 rings (SSSR count). The van der Waals surface area contributed by atoms with Crippen LogP contribution in [0.2, 0.25) is 0 Å². The molecule has 0 spiro atoms. The molecule has 6 nitrogen and oxygen atoms in total. The lowest BCUT2D eigenvalue weighted by Gasteiger charge is -2.28. The van der Waals surface area contributed by atoms with Gasteiger partial charge in [0.25, 0.3) is 5.91 Å². The van der Waals surface area contributed by atoms with Crippen molar-refractivity contribution in [2.24, 2.45) is 0 Å². The SMILES string of the molecule is [2H]C(C)(C)N(Cc1ccccc1OCCCCCCC(=O)O)C(=O)c1ccc(-c2ccco2)cc1. The topological polar surface area (TPSA) is 80.0 Å². The van der Waals surface area contributed by atoms with E-state index in [2.05, 4.69) is 0 Å². The highest BCUT2D eigenvalue weighted by Gasteiger charge is 2.21. The van der Waals surface area contributed by atoms with E-state index in [1.54, 1.807) is 32.2 Å². The van der Waals surface area contributed by atoms with Gasteiger partial charge in [-0.05, 0) is 57.0 Å². The highest BCUT2D eigenvalue weighted by atomic mass is 16.5. The average Bonchev–Trinajstić information content (AvgIpc) is 3.36. The third-order valence-corrected chi connectivity index (χ3v) is 5.57. The second-order valence-electron chi connectivity index (χ2n) is 8.41. The number of hydrogen-bond acceptors (Lipinski definition) is 4. The minimum absolute atomic E-state index is 0.196. The summed E-state index contributed by atoms with van der Waals surface area (Å²) in [5, 5.41) is 8.72. The molecule has 0 bridgehead atoms. The minimum Gasteiger partial charge on any atom is -0.493 e. The van der Waals surface area contributed by atoms with Crippen LogP contribution in [0.25, 0.3) is 11.3 Å². The fourth-order valence-corrected chi connectivity index (χ4v) is 3.67. The monoisotopic (exact) mass is 464 g/mol. The zero-order valence-electron chi connectivity index (χ0n) is 20.8. The van der Waals surface area contributed by atoms with Crippen LogP contribution in [-0.2, 0) is 11.3 Å². The number of aliphatic carboxylic acids is 1. The standard InChI is InChI=1S/C28H33NO5/c1-21(2)29(28(32)23-16-14-22(15-17-23)25-12-9-19-34-25)20-24-10-6-7-11-26(24)33-18-8-4-3-5-13-27(30)31/h6-7,9-12,14-17,19,21H,3-5,8,13,18,20H2,1-2H3,(H,30,31)/i21D. The molecule has 0 atom stereocenters. The van der Waals surface area contributed by atoms with Gasteiger partial charge in [0.05, 0.1) is 14.2 Å². The maximum atomic E-state index is 13.4. The number of rotatable bonds is 13. The molecule has 1 amide bonds. The molecule has 0 saturated heterocycles. The molecular weight excluding hydrogens is 430 g/mol. The van der Waals surface area contributed by atoms with Crippen molar-refractivity contribution in [1.29, 1.82) is 0 Å². The molecule has 180 valence electrons. The van der Waals surface area contributed by atoms with Crippen LogP contribution in [0.15, 0.2) is 71.3 Å². The normalized spacial score (nSPS) is 11.6. The number of ether oxygens (including phenoxy) is 1. The van der Waals surface area contributed by atoms with Gasteiger partial charge in [-0.25, -0.2) is 0 Å². The number of carbonyl (C=O) groups excluding carboxylic acids is 1. The largest absolute Gasteiger partial charge is 0.493 e. The number of benzene rings is 2. The molecule has 0 unspecified atom stereocenters. The van der Waals surface area contributed by atoms with Crippen molar-refractivity contribution < 1.29 is 25.2 Å². The predicted molar refractivity (Wildman–Crippen MR) is 132 cm³/mol. The summed E-state index contributed by atoms with van der Waals surface area (Å²) in [4.78, 5) is 25.5. The van der Waals surface area contributed by atoms with E-state index in [-0.39, 0.29) is 18.9 Å². The molecule has 0 saturated carbocycles. The summed E-state index contributed by atoms with van der Waals surface area (Å²) < 4.78 is 20.0. The summed E-state index contributed by atoms with van der Waals surface area (Å²) in [6, 6.07) is 17.3. The number of carboxylic acid groups (broad SMARTS) is 1. The Labute approximate surface area is 202 Å². The lowest BCUT2D eigenvalue weighted by molar-refractivity contribution is -0.137. The van der Waals surface area contributed by atoms with Gasteiger partial charge >= 0.3 is 5.97 Å². The third kappa shape index (κ3) is 7.24. The van der Waals surface area contributed by atoms with E-state index in [0.29, 0.717) is 24.3 Å². The van der Waals surface area contributed by atoms with Gasteiger partial charge in [0.15, 0.2) is 0 Å². The number of carboxylic acids is 1. The van der Waals surface area contributed by atoms with E-state index in [0.717, 1.165) is 36.1 Å². The van der Waals surface area contributed by atoms with Gasteiger partial charge in [0.1, 0.15) is 11.5 Å². The Bertz CT molecular complexity index is 1090. The molecule has 34 heavy (non-hydrogen) atoms. The first-order chi connectivity index (χ1) is 16.8. The van der Waals surface area contributed by atoms with Gasteiger partial charge in [0, 0.05) is 35.7 Å². The zero-order chi connectivity index (χ0) is 25.3. The average molecular weight is 465 g/mol. The van der Waals surface area contributed by atoms with E-state index < -0.39 is 12.0 Å². The van der Waals surface area contributed by atoms with E-state index in [9.17, 15) is 9.59 Å². The summed E-state index contributed by atoms with van der Waals surface area (Å²) in [6.45, 7) is 4.14. The Balaban J connectivity index is 1.65. The molecule has 1 N–H and O–H groups in total. The van der Waals surface area contributed by atoms with Gasteiger partial charge in [-0.1, -0.05) is 43.2 Å². The van der Waals surface area contributed by atoms with E-state index in [1.807, 2.05) is 48.5 Å². The summed E-state index contributed by atoms with van der Waals surface area (Å²) in [5.74, 6) is 0.423. The van der Waals surface area contributed by atoms with Gasteiger partial charge < -0.3 is 19.2 Å². The number of furan rings is 1. The van der Waals surface area contributed by atoms with Crippen LogP contribution in [-0.4, -0.2) is 34.5 Å². The number of hydrogen-bond donors (Lipinski definition) is 1. The zero-order valence-corrected chi connectivity index (χ0v) is 19.8. The van der Waals surface area contributed by atoms with E-state index >= 15 is 0 Å². The molecular formula is C28H33NO5. The molecule has 1 heterocycles. The second-order valence-corrected chi connectivity index (χ2v) is 8.41. The molecule has 0 aliphatic carbocycles. The van der Waals surface area contributed by atoms with E-state index in [1.165, 1.54) is 4.90 Å². The van der Waals surface area contributed by atoms with Gasteiger partial charge in [0.2, 0.25) is 0 Å². The van der Waals surface area contributed by atoms with Crippen molar-refractivity contribution in [3.8, 4) is 17.1 Å². The number of carbonyl (C=O) groups is 2. The van der Waals surface area contributed by atoms with Crippen molar-refractivity contribution in [2.75, 3.05) is 6.61 Å². The number of amides is 1. The summed E-state index contributed by atoms with van der Waals surface area (Å²) in [7, 11) is 0. The highest BCUT2D eigenvalue weighted by Crippen LogP contribution is 2.24. The Morgan fingerprint density at radius 1 is 1.00 bits per heavy atom. The summed E-state index contributed by atoms with van der Waals surface area (Å²) >= 11 is 0. The van der Waals surface area contributed by atoms with Crippen molar-refractivity contribution in [3.63, 3.8) is 0 Å². The Morgan fingerprint density at radius 2 is 1.74 bits per heavy atom. The first-order valence-electron chi connectivity index (χ1n) is 12.1. The minimum atomic E-state index is -1.14. The van der Waals surface area contributed by atoms with Crippen LogP contribution < -0.4 is 4.74 Å². The van der Waals surface area contributed by atoms with Crippen molar-refractivity contribution in [3.05, 3.63) is 78.1 Å². The summed E-state index contributed by atoms with van der Waals surface area (Å²) in [5.41, 5.74) is 2.21. The first-order valence-corrected chi connectivity index (χ1v) is 11.6. The number of nitrogens with zero attached hydrogens (tertiary/aromatic N) is 1. The fourth-order valence-electron chi connectivity index (χ4n) is 3.67. The molecule has 6 heteroatoms. The molecule has 3 aromatic rings. The van der Waals surface area contributed by atoms with Gasteiger partial charge in [-0.15, -0.1) is 0 Å². The van der Waals surface area contributed by atoms with Crippen LogP contribution in [0, 0.1) is 0 Å². The molecule has 1 aromatic heterocycles. The lowest BCUT2D eigenvalue weighted by Crippen LogP contribution is -2.36. The molecule has 0 aliphatic rings. The lowest BCUT2D eigenvalue weighted by atomic mass is 10.1. The maximum absolute atomic E-state index is 13.4. The Hall–Kier alpha value is -3.54. The Morgan fingerprint density at radius 3 is 2.41 bits per heavy atom. The number of unbranched alkanes of at least 4 members (excludes halogenated alkanes) is 3. The Kier molecular flexibility index (Phi) is 8.77. The number of para-hydroxylation sites is 1. The summed E-state index contributed by atoms with van der Waals surface area (Å²) in [6.07, 6.45) is 5.05. The van der Waals surface area contributed by atoms with Crippen molar-refractivity contribution in [2.45, 2.75) is 58.5 Å². The predicted octanol–water partition coefficient (Wildman–Crippen LogP) is 6.41. The second kappa shape index (κ2) is 12.6.